The Balaban J connectivity index is 2.41. The maximum atomic E-state index is 11.7. The highest BCUT2D eigenvalue weighted by Gasteiger charge is 2.42. The fourth-order valence-corrected chi connectivity index (χ4v) is 2.18. The number of nitrogens with one attached hydrogen (secondary N) is 2. The number of carboxylic acids is 1. The van der Waals surface area contributed by atoms with E-state index in [0.717, 1.165) is 19.3 Å². The molecule has 0 atom stereocenters. The second-order valence-electron chi connectivity index (χ2n) is 6.29. The molecule has 1 saturated carbocycles. The van der Waals surface area contributed by atoms with Crippen LogP contribution in [-0.2, 0) is 4.79 Å². The lowest BCUT2D eigenvalue weighted by Crippen LogP contribution is -2.55. The molecule has 0 aromatic heterocycles. The molecule has 3 N–H and O–H groups in total. The zero-order valence-electron chi connectivity index (χ0n) is 11.5. The molecule has 104 valence electrons. The second kappa shape index (κ2) is 5.59. The number of carbonyl (C=O) groups is 2. The van der Waals surface area contributed by atoms with Crippen LogP contribution in [0.1, 0.15) is 52.9 Å². The summed E-state index contributed by atoms with van der Waals surface area (Å²) >= 11 is 0. The lowest BCUT2D eigenvalue weighted by Gasteiger charge is -2.26. The smallest absolute Gasteiger partial charge is 0.329 e. The highest BCUT2D eigenvalue weighted by atomic mass is 16.4. The van der Waals surface area contributed by atoms with Crippen LogP contribution >= 0.6 is 0 Å². The highest BCUT2D eigenvalue weighted by molar-refractivity contribution is 5.86. The molecule has 18 heavy (non-hydrogen) atoms. The first-order valence-corrected chi connectivity index (χ1v) is 6.55. The van der Waals surface area contributed by atoms with E-state index >= 15 is 0 Å². The molecule has 0 radical (unpaired) electrons. The van der Waals surface area contributed by atoms with Gasteiger partial charge in [0.25, 0.3) is 0 Å². The van der Waals surface area contributed by atoms with Crippen molar-refractivity contribution in [2.45, 2.75) is 58.4 Å². The summed E-state index contributed by atoms with van der Waals surface area (Å²) in [5, 5.41) is 14.6. The minimum Gasteiger partial charge on any atom is -0.480 e. The van der Waals surface area contributed by atoms with E-state index in [1.165, 1.54) is 0 Å². The van der Waals surface area contributed by atoms with Crippen LogP contribution in [0.2, 0.25) is 0 Å². The number of rotatable bonds is 4. The van der Waals surface area contributed by atoms with Gasteiger partial charge < -0.3 is 15.7 Å². The van der Waals surface area contributed by atoms with E-state index in [-0.39, 0.29) is 11.4 Å². The molecular formula is C13H24N2O3. The summed E-state index contributed by atoms with van der Waals surface area (Å²) in [5.41, 5.74) is -0.892. The minimum atomic E-state index is -1.05. The van der Waals surface area contributed by atoms with Gasteiger partial charge in [-0.05, 0) is 24.7 Å². The summed E-state index contributed by atoms with van der Waals surface area (Å²) in [6.07, 6.45) is 3.62. The summed E-state index contributed by atoms with van der Waals surface area (Å²) in [6.45, 7) is 6.86. The molecule has 0 saturated heterocycles. The molecule has 0 aromatic rings. The molecule has 0 unspecified atom stereocenters. The summed E-state index contributed by atoms with van der Waals surface area (Å²) < 4.78 is 0. The predicted molar refractivity (Wildman–Crippen MR) is 69.4 cm³/mol. The Labute approximate surface area is 108 Å². The van der Waals surface area contributed by atoms with Crippen LogP contribution in [0, 0.1) is 5.41 Å². The number of urea groups is 1. The van der Waals surface area contributed by atoms with Crippen LogP contribution in [0.15, 0.2) is 0 Å². The molecule has 5 heteroatoms. The van der Waals surface area contributed by atoms with Crippen molar-refractivity contribution >= 4 is 12.0 Å². The van der Waals surface area contributed by atoms with Crippen molar-refractivity contribution in [3.05, 3.63) is 0 Å². The molecule has 0 bridgehead atoms. The molecule has 5 nitrogen and oxygen atoms in total. The van der Waals surface area contributed by atoms with Crippen molar-refractivity contribution in [3.8, 4) is 0 Å². The van der Waals surface area contributed by atoms with Crippen molar-refractivity contribution in [3.63, 3.8) is 0 Å². The summed E-state index contributed by atoms with van der Waals surface area (Å²) in [6, 6.07) is -0.372. The fraction of sp³-hybridized carbons (Fsp3) is 0.846. The third kappa shape index (κ3) is 4.20. The topological polar surface area (TPSA) is 78.4 Å². The largest absolute Gasteiger partial charge is 0.480 e. The van der Waals surface area contributed by atoms with Crippen molar-refractivity contribution in [2.75, 3.05) is 6.54 Å². The number of carbonyl (C=O) groups excluding carboxylic acids is 1. The third-order valence-electron chi connectivity index (χ3n) is 3.38. The van der Waals surface area contributed by atoms with E-state index in [9.17, 15) is 14.7 Å². The lowest BCUT2D eigenvalue weighted by atomic mass is 9.92. The molecule has 0 heterocycles. The van der Waals surface area contributed by atoms with Gasteiger partial charge in [0.2, 0.25) is 0 Å². The van der Waals surface area contributed by atoms with Crippen molar-refractivity contribution < 1.29 is 14.7 Å². The fourth-order valence-electron chi connectivity index (χ4n) is 2.18. The first kappa shape index (κ1) is 14.8. The van der Waals surface area contributed by atoms with E-state index in [1.807, 2.05) is 0 Å². The average molecular weight is 256 g/mol. The number of aliphatic carboxylic acids is 1. The normalized spacial score (nSPS) is 18.4. The van der Waals surface area contributed by atoms with Crippen LogP contribution < -0.4 is 10.6 Å². The standard InChI is InChI=1S/C13H24N2O3/c1-12(2,3)8-9-14-11(18)15-13(10(16)17)6-4-5-7-13/h4-9H2,1-3H3,(H,16,17)(H2,14,15,18). The summed E-state index contributed by atoms with van der Waals surface area (Å²) in [5.74, 6) is -0.925. The van der Waals surface area contributed by atoms with Crippen molar-refractivity contribution in [2.24, 2.45) is 5.41 Å². The van der Waals surface area contributed by atoms with Gasteiger partial charge in [0.1, 0.15) is 5.54 Å². The van der Waals surface area contributed by atoms with Crippen LogP contribution in [0.3, 0.4) is 0 Å². The maximum absolute atomic E-state index is 11.7. The number of carboxylic acid groups (broad SMARTS) is 1. The van der Waals surface area contributed by atoms with Gasteiger partial charge in [0.05, 0.1) is 0 Å². The van der Waals surface area contributed by atoms with Crippen LogP contribution in [0.5, 0.6) is 0 Å². The molecule has 1 aliphatic carbocycles. The zero-order valence-corrected chi connectivity index (χ0v) is 11.5. The van der Waals surface area contributed by atoms with Gasteiger partial charge in [-0.25, -0.2) is 9.59 Å². The van der Waals surface area contributed by atoms with E-state index in [0.29, 0.717) is 19.4 Å². The zero-order chi connectivity index (χ0) is 13.8. The first-order valence-electron chi connectivity index (χ1n) is 6.55. The van der Waals surface area contributed by atoms with E-state index in [1.54, 1.807) is 0 Å². The highest BCUT2D eigenvalue weighted by Crippen LogP contribution is 2.29. The maximum Gasteiger partial charge on any atom is 0.329 e. The van der Waals surface area contributed by atoms with Gasteiger partial charge in [-0.3, -0.25) is 0 Å². The summed E-state index contributed by atoms with van der Waals surface area (Å²) in [4.78, 5) is 23.0. The van der Waals surface area contributed by atoms with Gasteiger partial charge in [-0.2, -0.15) is 0 Å². The van der Waals surface area contributed by atoms with Gasteiger partial charge >= 0.3 is 12.0 Å². The quantitative estimate of drug-likeness (QED) is 0.721. The van der Waals surface area contributed by atoms with Gasteiger partial charge in [0, 0.05) is 6.54 Å². The molecule has 0 spiro atoms. The number of hydrogen-bond acceptors (Lipinski definition) is 2. The summed E-state index contributed by atoms with van der Waals surface area (Å²) in [7, 11) is 0. The van der Waals surface area contributed by atoms with Crippen LogP contribution in [0.25, 0.3) is 0 Å². The Kier molecular flexibility index (Phi) is 4.59. The predicted octanol–water partition coefficient (Wildman–Crippen LogP) is 2.12. The van der Waals surface area contributed by atoms with Crippen LogP contribution in [-0.4, -0.2) is 29.2 Å². The first-order chi connectivity index (χ1) is 8.25. The molecule has 1 rings (SSSR count). The monoisotopic (exact) mass is 256 g/mol. The van der Waals surface area contributed by atoms with Gasteiger partial charge in [-0.15, -0.1) is 0 Å². The Bertz CT molecular complexity index is 315. The minimum absolute atomic E-state index is 0.158. The molecule has 0 aromatic carbocycles. The molecule has 1 aliphatic rings. The second-order valence-corrected chi connectivity index (χ2v) is 6.29. The van der Waals surface area contributed by atoms with Gasteiger partial charge in [0.15, 0.2) is 0 Å². The number of hydrogen-bond donors (Lipinski definition) is 3. The molecular weight excluding hydrogens is 232 g/mol. The lowest BCUT2D eigenvalue weighted by molar-refractivity contribution is -0.144. The van der Waals surface area contributed by atoms with E-state index in [4.69, 9.17) is 0 Å². The van der Waals surface area contributed by atoms with Gasteiger partial charge in [-0.1, -0.05) is 33.6 Å². The Hall–Kier alpha value is -1.26. The van der Waals surface area contributed by atoms with Crippen LogP contribution in [0.4, 0.5) is 4.79 Å². The van der Waals surface area contributed by atoms with E-state index < -0.39 is 11.5 Å². The van der Waals surface area contributed by atoms with Crippen molar-refractivity contribution in [1.82, 2.24) is 10.6 Å². The average Bonchev–Trinajstić information content (AvgIpc) is 2.65. The van der Waals surface area contributed by atoms with Crippen molar-refractivity contribution in [1.29, 1.82) is 0 Å². The molecule has 1 fully saturated rings. The SMILES string of the molecule is CC(C)(C)CCNC(=O)NC1(C(=O)O)CCCC1. The Morgan fingerprint density at radius 1 is 1.22 bits per heavy atom. The Morgan fingerprint density at radius 2 is 1.78 bits per heavy atom. The third-order valence-corrected chi connectivity index (χ3v) is 3.38. The Morgan fingerprint density at radius 3 is 2.22 bits per heavy atom. The molecule has 0 aliphatic heterocycles. The number of amides is 2. The van der Waals surface area contributed by atoms with E-state index in [2.05, 4.69) is 31.4 Å². The molecule has 2 amide bonds.